The minimum atomic E-state index is 0.836. The molecule has 0 amide bonds. The number of anilines is 2. The first-order chi connectivity index (χ1) is 16.2. The molecule has 0 spiro atoms. The van der Waals surface area contributed by atoms with Crippen LogP contribution >= 0.6 is 22.7 Å². The number of hydrogen-bond acceptors (Lipinski definition) is 8. The quantitative estimate of drug-likeness (QED) is 0.162. The van der Waals surface area contributed by atoms with E-state index in [0.29, 0.717) is 0 Å². The summed E-state index contributed by atoms with van der Waals surface area (Å²) in [6.07, 6.45) is 4.93. The van der Waals surface area contributed by atoms with E-state index in [1.807, 2.05) is 94.9 Å². The van der Waals surface area contributed by atoms with Crippen molar-refractivity contribution >= 4 is 55.7 Å². The van der Waals surface area contributed by atoms with Crippen LogP contribution in [0.2, 0.25) is 0 Å². The monoisotopic (exact) mass is 478 g/mol. The maximum absolute atomic E-state index is 4.29. The topological polar surface area (TPSA) is 81.3 Å². The lowest BCUT2D eigenvalue weighted by Gasteiger charge is -2.08. The first-order valence-electron chi connectivity index (χ1n) is 10.5. The van der Waals surface area contributed by atoms with Gasteiger partial charge < -0.3 is 10.6 Å². The number of nitrogens with one attached hydrogen (secondary N) is 2. The fourth-order valence-electron chi connectivity index (χ4n) is 2.89. The third-order valence-corrected chi connectivity index (χ3v) is 6.44. The number of thiazole rings is 2. The molecule has 2 N–H and O–H groups in total. The van der Waals surface area contributed by atoms with Crippen molar-refractivity contribution in [3.8, 4) is 0 Å². The second-order valence-corrected chi connectivity index (χ2v) is 9.04. The molecule has 0 bridgehead atoms. The van der Waals surface area contributed by atoms with Crippen molar-refractivity contribution in [2.75, 3.05) is 23.7 Å². The number of aromatic nitrogens is 2. The lowest BCUT2D eigenvalue weighted by Crippen LogP contribution is -2.23. The minimum absolute atomic E-state index is 0.836. The zero-order chi connectivity index (χ0) is 22.9. The average Bonchev–Trinajstić information content (AvgIpc) is 3.45. The van der Waals surface area contributed by atoms with Crippen LogP contribution in [0.25, 0.3) is 0 Å². The fraction of sp³-hybridized carbons (Fsp3) is 0.217. The van der Waals surface area contributed by atoms with Gasteiger partial charge in [-0.2, -0.15) is 0 Å². The van der Waals surface area contributed by atoms with E-state index in [1.54, 1.807) is 22.7 Å². The highest BCUT2D eigenvalue weighted by Gasteiger charge is 2.08. The van der Waals surface area contributed by atoms with E-state index in [2.05, 4.69) is 31.1 Å². The largest absolute Gasteiger partial charge is 0.408 e. The van der Waals surface area contributed by atoms with E-state index in [1.165, 1.54) is 0 Å². The van der Waals surface area contributed by atoms with E-state index in [4.69, 9.17) is 0 Å². The van der Waals surface area contributed by atoms with Gasteiger partial charge in [0.05, 0.1) is 24.3 Å². The van der Waals surface area contributed by atoms with E-state index in [9.17, 15) is 0 Å². The van der Waals surface area contributed by atoms with Gasteiger partial charge in [-0.15, -0.1) is 0 Å². The number of rotatable bonds is 10. The molecule has 4 rings (SSSR count). The van der Waals surface area contributed by atoms with Crippen LogP contribution in [-0.2, 0) is 14.1 Å². The Morgan fingerprint density at radius 3 is 1.42 bits per heavy atom. The third kappa shape index (κ3) is 6.74. The molecule has 0 saturated carbocycles. The van der Waals surface area contributed by atoms with Crippen molar-refractivity contribution in [1.82, 2.24) is 0 Å². The van der Waals surface area contributed by atoms with Gasteiger partial charge in [0, 0.05) is 35.2 Å². The Morgan fingerprint density at radius 1 is 0.636 bits per heavy atom. The van der Waals surface area contributed by atoms with Crippen LogP contribution in [0.5, 0.6) is 0 Å². The van der Waals surface area contributed by atoms with Crippen molar-refractivity contribution in [2.24, 2.45) is 34.6 Å². The van der Waals surface area contributed by atoms with Gasteiger partial charge in [-0.05, 0) is 87.9 Å². The summed E-state index contributed by atoms with van der Waals surface area (Å²) < 4.78 is 3.90. The van der Waals surface area contributed by atoms with Gasteiger partial charge in [0.1, 0.15) is 23.8 Å². The van der Waals surface area contributed by atoms with Crippen LogP contribution in [0.15, 0.2) is 92.1 Å². The van der Waals surface area contributed by atoms with Crippen molar-refractivity contribution < 1.29 is 9.13 Å². The van der Waals surface area contributed by atoms with Gasteiger partial charge in [0.25, 0.3) is 0 Å². The molecule has 168 valence electrons. The lowest BCUT2D eigenvalue weighted by atomic mass is 10.2. The predicted molar refractivity (Wildman–Crippen MR) is 134 cm³/mol. The van der Waals surface area contributed by atoms with Gasteiger partial charge in [-0.25, -0.2) is 9.13 Å². The van der Waals surface area contributed by atoms with Crippen LogP contribution in [0.3, 0.4) is 0 Å². The summed E-state index contributed by atoms with van der Waals surface area (Å²) in [5.74, 6) is 0. The number of aryl methyl sites for hydroxylation is 2. The summed E-state index contributed by atoms with van der Waals surface area (Å²) in [4.78, 5) is 0. The fourth-order valence-corrected chi connectivity index (χ4v) is 4.25. The molecule has 0 aliphatic heterocycles. The maximum Gasteiger partial charge on any atom is 0.408 e. The SMILES string of the molecule is C[n+]1ccsc1N=Nc1ccc(NCCCNc2ccc(N=Nc3scc[n+]3C)cc2)cc1. The standard InChI is InChI=1S/C23H24N8S2/c1-30-14-16-32-22(30)28-26-20-8-4-18(5-9-20)24-12-3-13-25-19-6-10-21(11-7-19)27-29-23-31(2)15-17-33-23/h4-11,14-17H,3,12-13H2,1-2H3/p+2. The van der Waals surface area contributed by atoms with Crippen molar-refractivity contribution in [3.63, 3.8) is 0 Å². The van der Waals surface area contributed by atoms with E-state index >= 15 is 0 Å². The molecule has 0 saturated heterocycles. The Kier molecular flexibility index (Phi) is 7.83. The van der Waals surface area contributed by atoms with Crippen LogP contribution in [0.1, 0.15) is 6.42 Å². The Balaban J connectivity index is 1.16. The Labute approximate surface area is 201 Å². The summed E-state index contributed by atoms with van der Waals surface area (Å²) in [5.41, 5.74) is 3.82. The highest BCUT2D eigenvalue weighted by Crippen LogP contribution is 2.22. The Hall–Kier alpha value is -3.50. The molecule has 2 aromatic heterocycles. The average molecular weight is 479 g/mol. The first-order valence-corrected chi connectivity index (χ1v) is 12.3. The zero-order valence-electron chi connectivity index (χ0n) is 18.5. The van der Waals surface area contributed by atoms with Gasteiger partial charge in [0.2, 0.25) is 0 Å². The second-order valence-electron chi connectivity index (χ2n) is 7.29. The molecular formula is C23H26N8S2+2. The molecule has 0 unspecified atom stereocenters. The maximum atomic E-state index is 4.29. The first kappa shape index (κ1) is 22.7. The van der Waals surface area contributed by atoms with Gasteiger partial charge in [0.15, 0.2) is 0 Å². The number of azo groups is 2. The Bertz CT molecular complexity index is 1110. The lowest BCUT2D eigenvalue weighted by molar-refractivity contribution is -0.654. The van der Waals surface area contributed by atoms with E-state index in [-0.39, 0.29) is 0 Å². The molecule has 2 heterocycles. The van der Waals surface area contributed by atoms with Gasteiger partial charge in [-0.1, -0.05) is 0 Å². The van der Waals surface area contributed by atoms with Gasteiger partial charge in [-0.3, -0.25) is 0 Å². The highest BCUT2D eigenvalue weighted by atomic mass is 32.1. The molecule has 33 heavy (non-hydrogen) atoms. The van der Waals surface area contributed by atoms with Crippen molar-refractivity contribution in [2.45, 2.75) is 6.42 Å². The second kappa shape index (κ2) is 11.4. The number of benzene rings is 2. The predicted octanol–water partition coefficient (Wildman–Crippen LogP) is 6.20. The van der Waals surface area contributed by atoms with Crippen molar-refractivity contribution in [3.05, 3.63) is 71.7 Å². The summed E-state index contributed by atoms with van der Waals surface area (Å²) in [6, 6.07) is 16.0. The summed E-state index contributed by atoms with van der Waals surface area (Å²) in [7, 11) is 3.92. The van der Waals surface area contributed by atoms with Crippen LogP contribution in [-0.4, -0.2) is 13.1 Å². The molecule has 0 radical (unpaired) electrons. The summed E-state index contributed by atoms with van der Waals surface area (Å²) in [6.45, 7) is 1.76. The highest BCUT2D eigenvalue weighted by molar-refractivity contribution is 7.13. The van der Waals surface area contributed by atoms with E-state index in [0.717, 1.165) is 52.5 Å². The minimum Gasteiger partial charge on any atom is -0.385 e. The molecular weight excluding hydrogens is 452 g/mol. The zero-order valence-corrected chi connectivity index (χ0v) is 20.2. The molecule has 0 atom stereocenters. The third-order valence-electron chi connectivity index (χ3n) is 4.77. The molecule has 0 fully saturated rings. The smallest absolute Gasteiger partial charge is 0.385 e. The normalized spacial score (nSPS) is 11.5. The molecule has 10 heteroatoms. The van der Waals surface area contributed by atoms with Gasteiger partial charge >= 0.3 is 10.3 Å². The van der Waals surface area contributed by atoms with Crippen LogP contribution in [0, 0.1) is 0 Å². The number of nitrogens with zero attached hydrogens (tertiary/aromatic N) is 6. The van der Waals surface area contributed by atoms with E-state index < -0.39 is 0 Å². The molecule has 4 aromatic rings. The molecule has 0 aliphatic rings. The molecule has 8 nitrogen and oxygen atoms in total. The number of hydrogen-bond donors (Lipinski definition) is 2. The van der Waals surface area contributed by atoms with Crippen molar-refractivity contribution in [1.29, 1.82) is 0 Å². The summed E-state index contributed by atoms with van der Waals surface area (Å²) in [5, 5.41) is 29.7. The Morgan fingerprint density at radius 2 is 1.06 bits per heavy atom. The molecule has 0 aliphatic carbocycles. The van der Waals surface area contributed by atoms with Crippen LogP contribution < -0.4 is 19.8 Å². The molecule has 2 aromatic carbocycles. The van der Waals surface area contributed by atoms with Crippen LogP contribution in [0.4, 0.5) is 33.0 Å². The summed E-state index contributed by atoms with van der Waals surface area (Å²) >= 11 is 3.13.